The predicted octanol–water partition coefficient (Wildman–Crippen LogP) is 5.89. The van der Waals surface area contributed by atoms with E-state index in [1.54, 1.807) is 6.08 Å². The molecule has 0 aliphatic rings. The Kier molecular flexibility index (Phi) is 3.68. The molecule has 0 bridgehead atoms. The van der Waals surface area contributed by atoms with Gasteiger partial charge in [-0.3, -0.25) is 4.79 Å². The van der Waals surface area contributed by atoms with E-state index in [4.69, 9.17) is 0 Å². The summed E-state index contributed by atoms with van der Waals surface area (Å²) in [6.07, 6.45) is 3.58. The molecule has 0 N–H and O–H groups in total. The highest BCUT2D eigenvalue weighted by atomic mass is 16.1. The van der Waals surface area contributed by atoms with Crippen LogP contribution in [0.2, 0.25) is 0 Å². The molecule has 0 spiro atoms. The first-order valence-corrected chi connectivity index (χ1v) is 8.01. The summed E-state index contributed by atoms with van der Waals surface area (Å²) in [5, 5.41) is 4.41. The van der Waals surface area contributed by atoms with Crippen molar-refractivity contribution in [2.75, 3.05) is 0 Å². The van der Waals surface area contributed by atoms with E-state index in [-0.39, 0.29) is 5.78 Å². The maximum absolute atomic E-state index is 12.7. The lowest BCUT2D eigenvalue weighted by molar-refractivity contribution is 0.104. The summed E-state index contributed by atoms with van der Waals surface area (Å²) in [4.78, 5) is 12.7. The molecule has 24 heavy (non-hydrogen) atoms. The van der Waals surface area contributed by atoms with Crippen molar-refractivity contribution < 1.29 is 4.79 Å². The van der Waals surface area contributed by atoms with Crippen molar-refractivity contribution in [1.29, 1.82) is 0 Å². The number of ketones is 1. The average molecular weight is 308 g/mol. The zero-order valence-electron chi connectivity index (χ0n) is 13.1. The van der Waals surface area contributed by atoms with Gasteiger partial charge in [0, 0.05) is 5.56 Å². The summed E-state index contributed by atoms with van der Waals surface area (Å²) in [7, 11) is 0. The molecule has 1 nitrogen and oxygen atoms in total. The highest BCUT2D eigenvalue weighted by molar-refractivity contribution is 6.15. The molecule has 1 heteroatoms. The summed E-state index contributed by atoms with van der Waals surface area (Å²) in [6, 6.07) is 28.2. The second-order valence-corrected chi connectivity index (χ2v) is 5.79. The third-order valence-corrected chi connectivity index (χ3v) is 4.29. The predicted molar refractivity (Wildman–Crippen MR) is 101 cm³/mol. The molecule has 0 amide bonds. The molecule has 0 atom stereocenters. The molecule has 0 fully saturated rings. The van der Waals surface area contributed by atoms with Gasteiger partial charge < -0.3 is 0 Å². The topological polar surface area (TPSA) is 17.1 Å². The van der Waals surface area contributed by atoms with Crippen LogP contribution in [0.1, 0.15) is 15.9 Å². The average Bonchev–Trinajstić information content (AvgIpc) is 2.65. The Morgan fingerprint density at radius 1 is 0.625 bits per heavy atom. The summed E-state index contributed by atoms with van der Waals surface area (Å²) in [5.41, 5.74) is 1.80. The second kappa shape index (κ2) is 6.13. The molecule has 4 rings (SSSR count). The van der Waals surface area contributed by atoms with Gasteiger partial charge in [0.2, 0.25) is 0 Å². The number of benzene rings is 4. The van der Waals surface area contributed by atoms with Gasteiger partial charge in [-0.15, -0.1) is 0 Å². The quantitative estimate of drug-likeness (QED) is 0.341. The smallest absolute Gasteiger partial charge is 0.186 e. The first kappa shape index (κ1) is 14.4. The molecule has 0 aliphatic carbocycles. The van der Waals surface area contributed by atoms with E-state index in [2.05, 4.69) is 18.2 Å². The maximum atomic E-state index is 12.7. The van der Waals surface area contributed by atoms with Crippen LogP contribution in [0.15, 0.2) is 91.0 Å². The Bertz CT molecular complexity index is 1060. The van der Waals surface area contributed by atoms with Crippen molar-refractivity contribution in [2.45, 2.75) is 0 Å². The molecular formula is C23H16O. The second-order valence-electron chi connectivity index (χ2n) is 5.79. The summed E-state index contributed by atoms with van der Waals surface area (Å²) < 4.78 is 0. The molecule has 0 saturated heterocycles. The van der Waals surface area contributed by atoms with E-state index in [1.165, 1.54) is 5.39 Å². The van der Waals surface area contributed by atoms with Crippen LogP contribution < -0.4 is 0 Å². The normalized spacial score (nSPS) is 11.3. The van der Waals surface area contributed by atoms with E-state index >= 15 is 0 Å². The minimum absolute atomic E-state index is 0.0275. The van der Waals surface area contributed by atoms with Gasteiger partial charge in [-0.2, -0.15) is 0 Å². The monoisotopic (exact) mass is 308 g/mol. The summed E-state index contributed by atoms with van der Waals surface area (Å²) in [6.45, 7) is 0. The van der Waals surface area contributed by atoms with Crippen LogP contribution in [0.25, 0.3) is 27.6 Å². The third kappa shape index (κ3) is 2.61. The third-order valence-electron chi connectivity index (χ3n) is 4.29. The van der Waals surface area contributed by atoms with E-state index in [9.17, 15) is 4.79 Å². The van der Waals surface area contributed by atoms with Gasteiger partial charge in [-0.05, 0) is 33.2 Å². The molecule has 4 aromatic carbocycles. The Morgan fingerprint density at radius 3 is 2.00 bits per heavy atom. The molecular weight excluding hydrogens is 292 g/mol. The fourth-order valence-electron chi connectivity index (χ4n) is 3.09. The first-order valence-electron chi connectivity index (χ1n) is 8.01. The Labute approximate surface area is 140 Å². The van der Waals surface area contributed by atoms with Crippen molar-refractivity contribution in [1.82, 2.24) is 0 Å². The van der Waals surface area contributed by atoms with E-state index in [0.29, 0.717) is 0 Å². The molecule has 0 aliphatic heterocycles. The van der Waals surface area contributed by atoms with Crippen LogP contribution in [0.5, 0.6) is 0 Å². The number of allylic oxidation sites excluding steroid dienone is 1. The number of rotatable bonds is 3. The zero-order valence-corrected chi connectivity index (χ0v) is 13.1. The first-order chi connectivity index (χ1) is 11.8. The van der Waals surface area contributed by atoms with Crippen LogP contribution >= 0.6 is 0 Å². The Hall–Kier alpha value is -3.19. The van der Waals surface area contributed by atoms with Gasteiger partial charge in [0.25, 0.3) is 0 Å². The highest BCUT2D eigenvalue weighted by Crippen LogP contribution is 2.22. The number of hydrogen-bond acceptors (Lipinski definition) is 1. The van der Waals surface area contributed by atoms with Crippen molar-refractivity contribution in [3.05, 3.63) is 102 Å². The van der Waals surface area contributed by atoms with Gasteiger partial charge in [0.05, 0.1) is 0 Å². The molecule has 4 aromatic rings. The molecule has 0 aromatic heterocycles. The SMILES string of the molecule is O=C(/C=C/c1cccc2ccccc12)c1cccc2ccccc12. The van der Waals surface area contributed by atoms with Gasteiger partial charge in [-0.25, -0.2) is 0 Å². The maximum Gasteiger partial charge on any atom is 0.186 e. The summed E-state index contributed by atoms with van der Waals surface area (Å²) in [5.74, 6) is 0.0275. The fraction of sp³-hybridized carbons (Fsp3) is 0. The number of fused-ring (bicyclic) bond motifs is 2. The fourth-order valence-corrected chi connectivity index (χ4v) is 3.09. The van der Waals surface area contributed by atoms with Crippen LogP contribution in [0, 0.1) is 0 Å². The summed E-state index contributed by atoms with van der Waals surface area (Å²) >= 11 is 0. The van der Waals surface area contributed by atoms with E-state index in [1.807, 2.05) is 72.8 Å². The number of carbonyl (C=O) groups is 1. The van der Waals surface area contributed by atoms with E-state index < -0.39 is 0 Å². The van der Waals surface area contributed by atoms with E-state index in [0.717, 1.165) is 27.3 Å². The molecule has 0 heterocycles. The molecule has 0 unspecified atom stereocenters. The minimum Gasteiger partial charge on any atom is -0.289 e. The molecule has 0 saturated carbocycles. The zero-order chi connectivity index (χ0) is 16.4. The standard InChI is InChI=1S/C23H16O/c24-23(22-14-6-11-18-8-2-4-13-21(18)22)16-15-19-10-5-9-17-7-1-3-12-20(17)19/h1-16H/b16-15+. The highest BCUT2D eigenvalue weighted by Gasteiger charge is 2.06. The molecule has 114 valence electrons. The lowest BCUT2D eigenvalue weighted by Gasteiger charge is -2.04. The molecule has 0 radical (unpaired) electrons. The van der Waals surface area contributed by atoms with Gasteiger partial charge in [0.1, 0.15) is 0 Å². The van der Waals surface area contributed by atoms with Gasteiger partial charge in [-0.1, -0.05) is 91.0 Å². The lowest BCUT2D eigenvalue weighted by Crippen LogP contribution is -1.95. The van der Waals surface area contributed by atoms with Gasteiger partial charge in [0.15, 0.2) is 5.78 Å². The van der Waals surface area contributed by atoms with Crippen LogP contribution in [0.3, 0.4) is 0 Å². The number of hydrogen-bond donors (Lipinski definition) is 0. The Morgan fingerprint density at radius 2 is 1.21 bits per heavy atom. The van der Waals surface area contributed by atoms with Crippen LogP contribution in [-0.4, -0.2) is 5.78 Å². The largest absolute Gasteiger partial charge is 0.289 e. The Balaban J connectivity index is 1.74. The van der Waals surface area contributed by atoms with Crippen LogP contribution in [-0.2, 0) is 0 Å². The van der Waals surface area contributed by atoms with Gasteiger partial charge >= 0.3 is 0 Å². The van der Waals surface area contributed by atoms with Crippen LogP contribution in [0.4, 0.5) is 0 Å². The van der Waals surface area contributed by atoms with Crippen molar-refractivity contribution in [2.24, 2.45) is 0 Å². The lowest BCUT2D eigenvalue weighted by atomic mass is 10.00. The number of carbonyl (C=O) groups excluding carboxylic acids is 1. The van der Waals surface area contributed by atoms with Crippen molar-refractivity contribution in [3.8, 4) is 0 Å². The minimum atomic E-state index is 0.0275. The van der Waals surface area contributed by atoms with Crippen molar-refractivity contribution in [3.63, 3.8) is 0 Å². The van der Waals surface area contributed by atoms with Crippen molar-refractivity contribution >= 4 is 33.4 Å².